The van der Waals surface area contributed by atoms with Gasteiger partial charge in [0.25, 0.3) is 0 Å². The SMILES string of the molecule is C=C(C)C(=O)OCCCCCCOc1ccc(C(=O)Oc2ccc(-c3ccc(C(=O)OCCCCC)cc3)cc2)cc1.C=C(C)C(=O)OCCCCCCOc1ccc(C(=O)Oc2ccc(-c3ccc(C(=O)OCCCCCC)cc3)cc2)cc1.CCCOC(=O)CCC(=O)OCCCOC(=O)c1ccc(OCCCOC(=O)CCC(=O)OCC)cc1. The number of rotatable bonds is 54. The van der Waals surface area contributed by atoms with Crippen LogP contribution in [-0.4, -0.2) is 145 Å². The predicted molar refractivity (Wildman–Crippen MR) is 460 cm³/mol. The van der Waals surface area contributed by atoms with Crippen molar-refractivity contribution in [2.24, 2.45) is 0 Å². The summed E-state index contributed by atoms with van der Waals surface area (Å²) in [4.78, 5) is 130. The first kappa shape index (κ1) is 100. The molecule has 7 aromatic carbocycles. The van der Waals surface area contributed by atoms with Crippen molar-refractivity contribution >= 4 is 65.7 Å². The summed E-state index contributed by atoms with van der Waals surface area (Å²) in [5, 5.41) is 0. The van der Waals surface area contributed by atoms with Crippen LogP contribution in [0.25, 0.3) is 22.3 Å². The Morgan fingerprint density at radius 1 is 0.230 bits per heavy atom. The van der Waals surface area contributed by atoms with Crippen LogP contribution in [0.5, 0.6) is 28.7 Å². The highest BCUT2D eigenvalue weighted by Gasteiger charge is 2.17. The largest absolute Gasteiger partial charge is 0.494 e. The maximum atomic E-state index is 12.6. The van der Waals surface area contributed by atoms with Crippen molar-refractivity contribution in [3.63, 3.8) is 0 Å². The van der Waals surface area contributed by atoms with E-state index in [0.717, 1.165) is 125 Å². The number of hydrogen-bond acceptors (Lipinski definition) is 25. The van der Waals surface area contributed by atoms with Crippen LogP contribution in [-0.2, 0) is 71.4 Å². The minimum absolute atomic E-state index is 0.00990. The van der Waals surface area contributed by atoms with E-state index in [4.69, 9.17) is 66.3 Å². The van der Waals surface area contributed by atoms with Crippen LogP contribution in [0.4, 0.5) is 0 Å². The third kappa shape index (κ3) is 42.5. The molecule has 0 heterocycles. The van der Waals surface area contributed by atoms with Crippen molar-refractivity contribution in [3.8, 4) is 51.0 Å². The van der Waals surface area contributed by atoms with E-state index in [-0.39, 0.29) is 76.0 Å². The van der Waals surface area contributed by atoms with Crippen LogP contribution < -0.4 is 23.7 Å². The molecule has 25 nitrogen and oxygen atoms in total. The Labute approximate surface area is 716 Å². The molecule has 656 valence electrons. The zero-order valence-corrected chi connectivity index (χ0v) is 71.3. The van der Waals surface area contributed by atoms with E-state index in [0.29, 0.717) is 133 Å². The van der Waals surface area contributed by atoms with Crippen LogP contribution in [0.3, 0.4) is 0 Å². The Bertz CT molecular complexity index is 4320. The molecule has 0 amide bonds. The zero-order chi connectivity index (χ0) is 88.3. The molecule has 122 heavy (non-hydrogen) atoms. The molecule has 0 spiro atoms. The molecule has 0 saturated carbocycles. The van der Waals surface area contributed by atoms with Crippen LogP contribution in [0.15, 0.2) is 194 Å². The molecule has 7 rings (SSSR count). The average Bonchev–Trinajstić information content (AvgIpc) is 0.841. The first-order chi connectivity index (χ1) is 59.1. The van der Waals surface area contributed by atoms with Gasteiger partial charge in [0, 0.05) is 24.0 Å². The third-order valence-corrected chi connectivity index (χ3v) is 17.7. The standard InChI is InChI=1S/C36H42O7.C35H40O7.C26H36O11/c1-4-5-6-9-26-42-35(38)30-14-12-28(13-15-30)29-16-22-33(23-17-29)43-36(39)31-18-20-32(21-19-31)40-24-10-7-8-11-25-41-34(37)27(2)3;1-4-5-8-24-41-34(37)29-13-11-27(12-14-29)28-15-21-32(22-16-28)42-35(38)30-17-19-31(20-18-30)39-23-9-6-7-10-25-40-33(36)26(2)3;1-3-15-34-23(28)13-14-25(30)36-18-6-19-37-26(31)20-7-9-21(10-8-20)33-16-5-17-35-24(29)12-11-22(27)32-4-2/h12-23H,2,4-11,24-26H2,1,3H3;11-22H,2,4-10,23-25H2,1,3H3;7-10H,3-6,11-19H2,1-2H3. The van der Waals surface area contributed by atoms with Gasteiger partial charge >= 0.3 is 65.7 Å². The van der Waals surface area contributed by atoms with Gasteiger partial charge in [0.2, 0.25) is 0 Å². The first-order valence-electron chi connectivity index (χ1n) is 41.9. The Morgan fingerprint density at radius 2 is 0.467 bits per heavy atom. The van der Waals surface area contributed by atoms with E-state index in [1.807, 2.05) is 55.5 Å². The van der Waals surface area contributed by atoms with E-state index in [1.165, 1.54) is 0 Å². The lowest BCUT2D eigenvalue weighted by atomic mass is 10.0. The van der Waals surface area contributed by atoms with Gasteiger partial charge in [0.15, 0.2) is 0 Å². The van der Waals surface area contributed by atoms with Gasteiger partial charge in [-0.15, -0.1) is 0 Å². The van der Waals surface area contributed by atoms with Crippen LogP contribution >= 0.6 is 0 Å². The third-order valence-electron chi connectivity index (χ3n) is 17.7. The fourth-order valence-electron chi connectivity index (χ4n) is 10.9. The number of unbranched alkanes of at least 4 members (excludes halogenated alkanes) is 11. The number of benzene rings is 7. The Hall–Kier alpha value is -12.4. The number of esters is 11. The Morgan fingerprint density at radius 3 is 0.795 bits per heavy atom. The maximum absolute atomic E-state index is 12.6. The van der Waals surface area contributed by atoms with E-state index in [2.05, 4.69) is 27.0 Å². The summed E-state index contributed by atoms with van der Waals surface area (Å²) in [6.45, 7) is 22.2. The first-order valence-corrected chi connectivity index (χ1v) is 41.9. The molecule has 25 heteroatoms. The lowest BCUT2D eigenvalue weighted by Crippen LogP contribution is -2.13. The van der Waals surface area contributed by atoms with Gasteiger partial charge in [-0.05, 0) is 235 Å². The molecule has 0 aliphatic heterocycles. The molecular formula is C97H118O25. The molecule has 0 fully saturated rings. The van der Waals surface area contributed by atoms with E-state index in [9.17, 15) is 52.7 Å². The molecule has 0 unspecified atom stereocenters. The van der Waals surface area contributed by atoms with Crippen molar-refractivity contribution in [2.75, 3.05) is 79.3 Å². The molecule has 0 aromatic heterocycles. The van der Waals surface area contributed by atoms with Crippen molar-refractivity contribution in [1.29, 1.82) is 0 Å². The van der Waals surface area contributed by atoms with Crippen LogP contribution in [0.2, 0.25) is 0 Å². The maximum Gasteiger partial charge on any atom is 0.343 e. The minimum atomic E-state index is -0.522. The summed E-state index contributed by atoms with van der Waals surface area (Å²) < 4.78 is 73.8. The number of carbonyl (C=O) groups excluding carboxylic acids is 11. The lowest BCUT2D eigenvalue weighted by Gasteiger charge is -2.09. The van der Waals surface area contributed by atoms with E-state index in [1.54, 1.807) is 142 Å². The molecular weight excluding hydrogens is 1570 g/mol. The summed E-state index contributed by atoms with van der Waals surface area (Å²) >= 11 is 0. The van der Waals surface area contributed by atoms with Gasteiger partial charge in [-0.25, -0.2) is 33.6 Å². The van der Waals surface area contributed by atoms with Gasteiger partial charge in [0.05, 0.1) is 133 Å². The monoisotopic (exact) mass is 1680 g/mol. The van der Waals surface area contributed by atoms with E-state index >= 15 is 0 Å². The number of ether oxygens (including phenoxy) is 14. The minimum Gasteiger partial charge on any atom is -0.494 e. The fourth-order valence-corrected chi connectivity index (χ4v) is 10.9. The summed E-state index contributed by atoms with van der Waals surface area (Å²) in [5.41, 5.74) is 6.81. The smallest absolute Gasteiger partial charge is 0.343 e. The normalized spacial score (nSPS) is 10.4. The lowest BCUT2D eigenvalue weighted by molar-refractivity contribution is -0.150. The molecule has 7 aromatic rings. The molecule has 0 radical (unpaired) electrons. The van der Waals surface area contributed by atoms with Gasteiger partial charge in [-0.3, -0.25) is 19.2 Å². The number of carbonyl (C=O) groups is 11. The highest BCUT2D eigenvalue weighted by Crippen LogP contribution is 2.27. The quantitative estimate of drug-likeness (QED) is 0.0112. The average molecular weight is 1680 g/mol. The van der Waals surface area contributed by atoms with Crippen molar-refractivity contribution in [3.05, 3.63) is 222 Å². The van der Waals surface area contributed by atoms with Crippen molar-refractivity contribution < 1.29 is 119 Å². The highest BCUT2D eigenvalue weighted by molar-refractivity contribution is 5.94. The summed E-state index contributed by atoms with van der Waals surface area (Å²) in [7, 11) is 0. The molecule has 0 aliphatic rings. The zero-order valence-electron chi connectivity index (χ0n) is 71.3. The summed E-state index contributed by atoms with van der Waals surface area (Å²) in [6, 6.07) is 49.1. The second-order valence-corrected chi connectivity index (χ2v) is 28.1. The van der Waals surface area contributed by atoms with Gasteiger partial charge in [-0.1, -0.05) is 115 Å². The van der Waals surface area contributed by atoms with Crippen molar-refractivity contribution in [1.82, 2.24) is 0 Å². The van der Waals surface area contributed by atoms with Crippen LogP contribution in [0, 0.1) is 0 Å². The van der Waals surface area contributed by atoms with Gasteiger partial charge in [0.1, 0.15) is 28.7 Å². The van der Waals surface area contributed by atoms with Gasteiger partial charge < -0.3 is 66.3 Å². The van der Waals surface area contributed by atoms with E-state index < -0.39 is 41.8 Å². The fraction of sp³-hybridized carbons (Fsp3) is 0.412. The topological polar surface area (TPSA) is 317 Å². The van der Waals surface area contributed by atoms with Gasteiger partial charge in [-0.2, -0.15) is 0 Å². The van der Waals surface area contributed by atoms with Crippen LogP contribution in [0.1, 0.15) is 235 Å². The molecule has 0 aliphatic carbocycles. The molecule has 0 saturated heterocycles. The summed E-state index contributed by atoms with van der Waals surface area (Å²) in [5.74, 6) is -1.83. The number of hydrogen-bond donors (Lipinski definition) is 0. The molecule has 0 N–H and O–H groups in total. The second-order valence-electron chi connectivity index (χ2n) is 28.1. The highest BCUT2D eigenvalue weighted by atomic mass is 16.6. The summed E-state index contributed by atoms with van der Waals surface area (Å²) in [6.07, 6.45) is 15.8. The van der Waals surface area contributed by atoms with Crippen molar-refractivity contribution in [2.45, 2.75) is 183 Å². The second kappa shape index (κ2) is 60.1. The predicted octanol–water partition coefficient (Wildman–Crippen LogP) is 19.5. The Kier molecular flexibility index (Phi) is 49.4. The molecule has 0 bridgehead atoms. The molecule has 0 atom stereocenters. The Balaban J connectivity index is 0.000000327.